The van der Waals surface area contributed by atoms with Gasteiger partial charge in [-0.3, -0.25) is 9.97 Å². The van der Waals surface area contributed by atoms with Crippen molar-refractivity contribution in [2.75, 3.05) is 20.1 Å². The molecule has 2 fully saturated rings. The Hall–Kier alpha value is -2.53. The standard InChI is InChI=1S/C24H29FN4.2H2/c1-5-18(25)24(23-15(3)22(23)17-13-29(4)14-17)19(6-2)28-12-16-7-8-20-21(11-16)27-10-9-26-20;;/h5-11,15,17,22-23,28H,1,12-14H2,2-4H3;2*1H/b19-6+,24-18-;;. The largest absolute Gasteiger partial charge is 0.381 e. The number of rotatable bonds is 7. The molecule has 0 radical (unpaired) electrons. The molecule has 1 aromatic carbocycles. The zero-order chi connectivity index (χ0) is 20.5. The molecule has 5 heteroatoms. The third kappa shape index (κ3) is 3.84. The molecule has 0 spiro atoms. The van der Waals surface area contributed by atoms with Crippen LogP contribution >= 0.6 is 0 Å². The second kappa shape index (κ2) is 8.07. The molecule has 1 aliphatic heterocycles. The minimum Gasteiger partial charge on any atom is -0.381 e. The van der Waals surface area contributed by atoms with Crippen molar-refractivity contribution in [3.05, 3.63) is 72.0 Å². The van der Waals surface area contributed by atoms with Crippen molar-refractivity contribution in [3.8, 4) is 0 Å². The van der Waals surface area contributed by atoms with E-state index in [0.29, 0.717) is 24.3 Å². The van der Waals surface area contributed by atoms with Crippen molar-refractivity contribution in [3.63, 3.8) is 0 Å². The van der Waals surface area contributed by atoms with Crippen molar-refractivity contribution in [2.24, 2.45) is 23.7 Å². The Morgan fingerprint density at radius 2 is 2.03 bits per heavy atom. The van der Waals surface area contributed by atoms with Crippen molar-refractivity contribution in [2.45, 2.75) is 20.4 Å². The predicted molar refractivity (Wildman–Crippen MR) is 120 cm³/mol. The van der Waals surface area contributed by atoms with Gasteiger partial charge in [0.2, 0.25) is 0 Å². The molecule has 2 aromatic rings. The highest BCUT2D eigenvalue weighted by Crippen LogP contribution is 2.58. The third-order valence-electron chi connectivity index (χ3n) is 6.45. The Balaban J connectivity index is 0.00000171. The monoisotopic (exact) mass is 396 g/mol. The van der Waals surface area contributed by atoms with Crippen LogP contribution in [0.2, 0.25) is 0 Å². The van der Waals surface area contributed by atoms with Gasteiger partial charge in [0.25, 0.3) is 0 Å². The molecule has 3 atom stereocenters. The summed E-state index contributed by atoms with van der Waals surface area (Å²) in [5.41, 5.74) is 4.49. The van der Waals surface area contributed by atoms with Gasteiger partial charge < -0.3 is 10.2 Å². The van der Waals surface area contributed by atoms with Crippen LogP contribution in [-0.4, -0.2) is 35.0 Å². The van der Waals surface area contributed by atoms with Crippen LogP contribution in [-0.2, 0) is 6.54 Å². The molecule has 2 heterocycles. The van der Waals surface area contributed by atoms with E-state index in [1.807, 2.05) is 31.2 Å². The van der Waals surface area contributed by atoms with Gasteiger partial charge in [-0.05, 0) is 61.4 Å². The summed E-state index contributed by atoms with van der Waals surface area (Å²) < 4.78 is 14.9. The molecule has 1 aliphatic carbocycles. The summed E-state index contributed by atoms with van der Waals surface area (Å²) in [7, 11) is 2.15. The number of aromatic nitrogens is 2. The molecular weight excluding hydrogens is 363 g/mol. The second-order valence-corrected chi connectivity index (χ2v) is 8.34. The number of halogens is 1. The molecule has 0 bridgehead atoms. The summed E-state index contributed by atoms with van der Waals surface area (Å²) >= 11 is 0. The number of nitrogens with one attached hydrogen (secondary N) is 1. The molecule has 4 nitrogen and oxygen atoms in total. The van der Waals surface area contributed by atoms with Gasteiger partial charge in [0.15, 0.2) is 0 Å². The van der Waals surface area contributed by atoms with Gasteiger partial charge in [-0.15, -0.1) is 0 Å². The van der Waals surface area contributed by atoms with Gasteiger partial charge in [0, 0.05) is 46.2 Å². The van der Waals surface area contributed by atoms with Crippen LogP contribution in [0, 0.1) is 23.7 Å². The average molecular weight is 397 g/mol. The number of nitrogens with zero attached hydrogens (tertiary/aromatic N) is 3. The van der Waals surface area contributed by atoms with E-state index in [1.165, 1.54) is 6.08 Å². The van der Waals surface area contributed by atoms with E-state index in [2.05, 4.69) is 40.7 Å². The lowest BCUT2D eigenvalue weighted by molar-refractivity contribution is 0.110. The van der Waals surface area contributed by atoms with E-state index in [9.17, 15) is 4.39 Å². The van der Waals surface area contributed by atoms with E-state index >= 15 is 0 Å². The number of likely N-dealkylation sites (tertiary alicyclic amines) is 1. The average Bonchev–Trinajstić information content (AvgIpc) is 3.37. The van der Waals surface area contributed by atoms with E-state index < -0.39 is 0 Å². The van der Waals surface area contributed by atoms with E-state index in [-0.39, 0.29) is 14.6 Å². The van der Waals surface area contributed by atoms with Crippen molar-refractivity contribution < 1.29 is 7.24 Å². The van der Waals surface area contributed by atoms with E-state index in [0.717, 1.165) is 41.0 Å². The maximum absolute atomic E-state index is 14.9. The normalized spacial score (nSPS) is 26.1. The molecule has 3 unspecified atom stereocenters. The first-order valence-electron chi connectivity index (χ1n) is 10.3. The first kappa shape index (κ1) is 19.8. The van der Waals surface area contributed by atoms with Crippen LogP contribution in [0.5, 0.6) is 0 Å². The number of fused-ring (bicyclic) bond motifs is 1. The summed E-state index contributed by atoms with van der Waals surface area (Å²) in [4.78, 5) is 11.0. The molecule has 1 N–H and O–H groups in total. The molecule has 1 aromatic heterocycles. The maximum Gasteiger partial charge on any atom is 0.128 e. The fourth-order valence-corrected chi connectivity index (χ4v) is 4.91. The van der Waals surface area contributed by atoms with Crippen LogP contribution < -0.4 is 5.32 Å². The quantitative estimate of drug-likeness (QED) is 0.671. The zero-order valence-corrected chi connectivity index (χ0v) is 17.4. The number of allylic oxidation sites excluding steroid dienone is 4. The lowest BCUT2D eigenvalue weighted by Gasteiger charge is -2.37. The summed E-state index contributed by atoms with van der Waals surface area (Å²) in [6, 6.07) is 6.04. The van der Waals surface area contributed by atoms with Gasteiger partial charge in [0.1, 0.15) is 5.83 Å². The highest BCUT2D eigenvalue weighted by molar-refractivity contribution is 5.74. The third-order valence-corrected chi connectivity index (χ3v) is 6.45. The Labute approximate surface area is 175 Å². The van der Waals surface area contributed by atoms with Crippen LogP contribution in [0.15, 0.2) is 66.4 Å². The maximum atomic E-state index is 14.9. The van der Waals surface area contributed by atoms with Gasteiger partial charge in [-0.2, -0.15) is 0 Å². The van der Waals surface area contributed by atoms with Gasteiger partial charge in [-0.1, -0.05) is 25.6 Å². The fraction of sp³-hybridized carbons (Fsp3) is 0.417. The first-order chi connectivity index (χ1) is 14.0. The van der Waals surface area contributed by atoms with Crippen molar-refractivity contribution in [1.82, 2.24) is 20.2 Å². The lowest BCUT2D eigenvalue weighted by Crippen LogP contribution is -2.45. The van der Waals surface area contributed by atoms with Crippen LogP contribution in [0.25, 0.3) is 11.0 Å². The smallest absolute Gasteiger partial charge is 0.128 e. The Kier molecular flexibility index (Phi) is 5.50. The van der Waals surface area contributed by atoms with Crippen molar-refractivity contribution in [1.29, 1.82) is 0 Å². The Morgan fingerprint density at radius 3 is 2.69 bits per heavy atom. The Morgan fingerprint density at radius 1 is 1.31 bits per heavy atom. The minimum absolute atomic E-state index is 0. The summed E-state index contributed by atoms with van der Waals surface area (Å²) in [5, 5.41) is 3.47. The van der Waals surface area contributed by atoms with Crippen LogP contribution in [0.1, 0.15) is 22.3 Å². The lowest BCUT2D eigenvalue weighted by atomic mass is 9.91. The fourth-order valence-electron chi connectivity index (χ4n) is 4.91. The molecule has 1 saturated carbocycles. The summed E-state index contributed by atoms with van der Waals surface area (Å²) in [6.45, 7) is 10.7. The van der Waals surface area contributed by atoms with Gasteiger partial charge >= 0.3 is 0 Å². The zero-order valence-electron chi connectivity index (χ0n) is 17.4. The highest BCUT2D eigenvalue weighted by atomic mass is 19.1. The summed E-state index contributed by atoms with van der Waals surface area (Å²) in [6.07, 6.45) is 6.72. The number of benzene rings is 1. The molecule has 29 heavy (non-hydrogen) atoms. The minimum atomic E-state index is -0.206. The second-order valence-electron chi connectivity index (χ2n) is 8.34. The van der Waals surface area contributed by atoms with Crippen molar-refractivity contribution >= 4 is 11.0 Å². The van der Waals surface area contributed by atoms with E-state index in [1.54, 1.807) is 12.4 Å². The molecule has 0 amide bonds. The molecule has 2 aliphatic rings. The van der Waals surface area contributed by atoms with Crippen LogP contribution in [0.3, 0.4) is 0 Å². The topological polar surface area (TPSA) is 41.1 Å². The predicted octanol–water partition coefficient (Wildman–Crippen LogP) is 4.97. The Bertz CT molecular complexity index is 984. The molecule has 1 saturated heterocycles. The first-order valence-corrected chi connectivity index (χ1v) is 10.3. The number of hydrogen-bond donors (Lipinski definition) is 1. The molecule has 4 rings (SSSR count). The van der Waals surface area contributed by atoms with Crippen LogP contribution in [0.4, 0.5) is 4.39 Å². The molecule has 156 valence electrons. The molecular formula is C24H33FN4. The van der Waals surface area contributed by atoms with Gasteiger partial charge in [0.05, 0.1) is 11.0 Å². The highest BCUT2D eigenvalue weighted by Gasteiger charge is 2.55. The van der Waals surface area contributed by atoms with E-state index in [4.69, 9.17) is 0 Å². The van der Waals surface area contributed by atoms with Gasteiger partial charge in [-0.25, -0.2) is 4.39 Å². The SMILES string of the molecule is C=C/C(F)=C(\C(=C/C)NCc1ccc2nccnc2c1)C1C(C)C1C1CN(C)C1.[HH].[HH]. The number of hydrogen-bond acceptors (Lipinski definition) is 4. The summed E-state index contributed by atoms with van der Waals surface area (Å²) in [5.74, 6) is 1.78.